The first kappa shape index (κ1) is 15.3. The fraction of sp³-hybridized carbons (Fsp3) is 0.846. The Morgan fingerprint density at radius 3 is 1.60 bits per heavy atom. The van der Waals surface area contributed by atoms with Crippen LogP contribution in [0.25, 0.3) is 0 Å². The lowest BCUT2D eigenvalue weighted by molar-refractivity contribution is 0.566. The number of allylic oxidation sites excluding steroid dienone is 1. The second-order valence-electron chi connectivity index (χ2n) is 5.37. The first-order valence-electron chi connectivity index (χ1n) is 6.14. The highest BCUT2D eigenvalue weighted by Gasteiger charge is 2.28. The average molecular weight is 273 g/mol. The monoisotopic (exact) mass is 272 g/mol. The van der Waals surface area contributed by atoms with Crippen molar-refractivity contribution in [1.29, 1.82) is 0 Å². The Bertz CT molecular complexity index is 173. The number of hydrogen-bond donors (Lipinski definition) is 0. The molecule has 2 unspecified atom stereocenters. The summed E-state index contributed by atoms with van der Waals surface area (Å²) < 4.78 is 0. The molecule has 0 saturated heterocycles. The van der Waals surface area contributed by atoms with Gasteiger partial charge in [0.05, 0.1) is 0 Å². The van der Waals surface area contributed by atoms with E-state index in [-0.39, 0.29) is 0 Å². The van der Waals surface area contributed by atoms with Crippen LogP contribution in [0.15, 0.2) is 12.1 Å². The second kappa shape index (κ2) is 7.54. The Morgan fingerprint density at radius 2 is 1.33 bits per heavy atom. The molecular weight excluding hydrogens is 247 g/mol. The smallest absolute Gasteiger partial charge is 0.118 e. The van der Waals surface area contributed by atoms with Crippen molar-refractivity contribution in [2.75, 3.05) is 5.33 Å². The van der Waals surface area contributed by atoms with Gasteiger partial charge in [0.15, 0.2) is 6.71 Å². The van der Waals surface area contributed by atoms with Crippen molar-refractivity contribution in [3.05, 3.63) is 12.1 Å². The van der Waals surface area contributed by atoms with Crippen LogP contribution in [0.1, 0.15) is 41.5 Å². The maximum Gasteiger partial charge on any atom is 0.172 e. The zero-order valence-corrected chi connectivity index (χ0v) is 12.7. The molecule has 88 valence electrons. The molecule has 15 heavy (non-hydrogen) atoms. The van der Waals surface area contributed by atoms with Gasteiger partial charge in [-0.05, 0) is 0 Å². The number of hydrogen-bond acceptors (Lipinski definition) is 0. The van der Waals surface area contributed by atoms with Gasteiger partial charge in [-0.3, -0.25) is 0 Å². The molecule has 0 saturated carbocycles. The number of alkyl halides is 1. The van der Waals surface area contributed by atoms with Crippen LogP contribution in [0.2, 0.25) is 11.6 Å². The van der Waals surface area contributed by atoms with Gasteiger partial charge in [0, 0.05) is 5.33 Å². The van der Waals surface area contributed by atoms with E-state index >= 15 is 0 Å². The summed E-state index contributed by atoms with van der Waals surface area (Å²) in [4.78, 5) is 0. The van der Waals surface area contributed by atoms with E-state index in [1.165, 1.54) is 0 Å². The molecule has 0 N–H and O–H groups in total. The quantitative estimate of drug-likeness (QED) is 0.468. The average Bonchev–Trinajstić information content (AvgIpc) is 2.17. The third-order valence-corrected chi connectivity index (χ3v) is 4.14. The molecule has 0 aromatic rings. The van der Waals surface area contributed by atoms with E-state index in [1.807, 2.05) is 0 Å². The van der Waals surface area contributed by atoms with Crippen LogP contribution in [0.4, 0.5) is 0 Å². The summed E-state index contributed by atoms with van der Waals surface area (Å²) in [6.45, 7) is 14.8. The summed E-state index contributed by atoms with van der Waals surface area (Å²) in [5.41, 5.74) is 0. The van der Waals surface area contributed by atoms with Gasteiger partial charge in [-0.25, -0.2) is 0 Å². The summed E-state index contributed by atoms with van der Waals surface area (Å²) >= 11 is 3.46. The molecule has 0 fully saturated rings. The van der Waals surface area contributed by atoms with E-state index in [1.54, 1.807) is 0 Å². The van der Waals surface area contributed by atoms with Gasteiger partial charge in [0.1, 0.15) is 0 Å². The van der Waals surface area contributed by atoms with E-state index < -0.39 is 0 Å². The van der Waals surface area contributed by atoms with E-state index in [4.69, 9.17) is 0 Å². The summed E-state index contributed by atoms with van der Waals surface area (Å²) in [6.07, 6.45) is 2.25. The Hall–Kier alpha value is 0.285. The lowest BCUT2D eigenvalue weighted by Gasteiger charge is -2.29. The van der Waals surface area contributed by atoms with Crippen LogP contribution in [0.3, 0.4) is 0 Å². The first-order valence-corrected chi connectivity index (χ1v) is 7.26. The van der Waals surface area contributed by atoms with Gasteiger partial charge >= 0.3 is 0 Å². The van der Waals surface area contributed by atoms with E-state index in [9.17, 15) is 0 Å². The molecular formula is C13H26BBr. The van der Waals surface area contributed by atoms with Crippen LogP contribution in [0.5, 0.6) is 0 Å². The van der Waals surface area contributed by atoms with Crippen molar-refractivity contribution < 1.29 is 0 Å². The van der Waals surface area contributed by atoms with E-state index in [0.29, 0.717) is 6.71 Å². The van der Waals surface area contributed by atoms with Crippen LogP contribution in [-0.4, -0.2) is 12.0 Å². The van der Waals surface area contributed by atoms with Gasteiger partial charge in [0.25, 0.3) is 0 Å². The second-order valence-corrected chi connectivity index (χ2v) is 6.01. The number of halogens is 1. The minimum absolute atomic E-state index is 0.711. The molecule has 0 aliphatic carbocycles. The molecule has 0 spiro atoms. The Morgan fingerprint density at radius 1 is 0.933 bits per heavy atom. The summed E-state index contributed by atoms with van der Waals surface area (Å²) in [7, 11) is 0. The molecule has 0 aromatic carbocycles. The van der Waals surface area contributed by atoms with Crippen molar-refractivity contribution in [2.24, 2.45) is 11.8 Å². The zero-order valence-electron chi connectivity index (χ0n) is 11.1. The lowest BCUT2D eigenvalue weighted by Crippen LogP contribution is -2.28. The third kappa shape index (κ3) is 5.24. The topological polar surface area (TPSA) is 0 Å². The van der Waals surface area contributed by atoms with Gasteiger partial charge in [-0.1, -0.05) is 87.0 Å². The first-order chi connectivity index (χ1) is 6.91. The lowest BCUT2D eigenvalue weighted by atomic mass is 9.31. The van der Waals surface area contributed by atoms with Gasteiger partial charge in [0.2, 0.25) is 0 Å². The fourth-order valence-electron chi connectivity index (χ4n) is 1.93. The Balaban J connectivity index is 4.64. The maximum absolute atomic E-state index is 3.46. The Labute approximate surface area is 105 Å². The maximum atomic E-state index is 3.46. The van der Waals surface area contributed by atoms with Crippen molar-refractivity contribution in [3.63, 3.8) is 0 Å². The van der Waals surface area contributed by atoms with Crippen LogP contribution in [0, 0.1) is 11.8 Å². The third-order valence-electron chi connectivity index (χ3n) is 3.76. The largest absolute Gasteiger partial charge is 0.172 e. The van der Waals surface area contributed by atoms with Crippen molar-refractivity contribution in [2.45, 2.75) is 53.2 Å². The van der Waals surface area contributed by atoms with Crippen LogP contribution < -0.4 is 0 Å². The van der Waals surface area contributed by atoms with E-state index in [2.05, 4.69) is 69.5 Å². The van der Waals surface area contributed by atoms with Crippen LogP contribution in [-0.2, 0) is 0 Å². The zero-order chi connectivity index (χ0) is 12.0. The predicted octanol–water partition coefficient (Wildman–Crippen LogP) is 5.06. The molecule has 0 radical (unpaired) electrons. The summed E-state index contributed by atoms with van der Waals surface area (Å²) in [5.74, 6) is 5.45. The molecule has 0 bridgehead atoms. The molecule has 0 aliphatic rings. The van der Waals surface area contributed by atoms with Crippen LogP contribution >= 0.6 is 15.9 Å². The molecule has 0 aliphatic heterocycles. The highest BCUT2D eigenvalue weighted by Crippen LogP contribution is 2.33. The SMILES string of the molecule is CC(C)C(C)B(/C=C/CBr)C(C)C(C)C. The highest BCUT2D eigenvalue weighted by molar-refractivity contribution is 9.09. The normalized spacial score (nSPS) is 16.3. The standard InChI is InChI=1S/C13H26BBr/c1-10(2)12(5)14(8-7-9-15)13(6)11(3)4/h7-8,10-13H,9H2,1-6H3/b8-7+. The van der Waals surface area contributed by atoms with Gasteiger partial charge < -0.3 is 0 Å². The molecule has 0 aromatic heterocycles. The molecule has 0 rings (SSSR count). The highest BCUT2D eigenvalue weighted by atomic mass is 79.9. The van der Waals surface area contributed by atoms with Crippen molar-refractivity contribution in [3.8, 4) is 0 Å². The molecule has 0 heterocycles. The molecule has 0 amide bonds. The number of rotatable bonds is 6. The van der Waals surface area contributed by atoms with E-state index in [0.717, 1.165) is 28.8 Å². The van der Waals surface area contributed by atoms with Crippen molar-refractivity contribution >= 4 is 22.6 Å². The minimum Gasteiger partial charge on any atom is -0.118 e. The summed E-state index contributed by atoms with van der Waals surface area (Å²) in [6, 6.07) is 0. The van der Waals surface area contributed by atoms with Gasteiger partial charge in [-0.2, -0.15) is 0 Å². The summed E-state index contributed by atoms with van der Waals surface area (Å²) in [5, 5.41) is 0.971. The van der Waals surface area contributed by atoms with Crippen molar-refractivity contribution in [1.82, 2.24) is 0 Å². The fourth-order valence-corrected chi connectivity index (χ4v) is 2.14. The predicted molar refractivity (Wildman–Crippen MR) is 77.2 cm³/mol. The molecule has 2 atom stereocenters. The van der Waals surface area contributed by atoms with Gasteiger partial charge in [-0.15, -0.1) is 5.98 Å². The molecule has 0 nitrogen and oxygen atoms in total. The Kier molecular flexibility index (Phi) is 7.68. The minimum atomic E-state index is 0.711. The molecule has 2 heteroatoms.